The van der Waals surface area contributed by atoms with Gasteiger partial charge in [0.05, 0.1) is 5.56 Å². The van der Waals surface area contributed by atoms with E-state index in [1.807, 2.05) is 24.3 Å². The molecular weight excluding hydrogens is 385 g/mol. The number of nitrogens with two attached hydrogens (primary N) is 1. The molecule has 1 aromatic heterocycles. The number of hydrogen-bond acceptors (Lipinski definition) is 4. The molecule has 0 fully saturated rings. The quantitative estimate of drug-likeness (QED) is 0.760. The molecule has 1 heterocycles. The smallest absolute Gasteiger partial charge is 0.231 e. The number of aromatic nitrogens is 1. The van der Waals surface area contributed by atoms with Crippen LogP contribution in [-0.2, 0) is 0 Å². The fraction of sp³-hybridized carbons (Fsp3) is 0. The molecule has 0 bridgehead atoms. The third-order valence-electron chi connectivity index (χ3n) is 1.92. The largest absolute Gasteiger partial charge is 0.419 e. The number of benzene rings is 1. The van der Waals surface area contributed by atoms with Gasteiger partial charge < -0.3 is 10.2 Å². The minimum atomic E-state index is 0.0447. The van der Waals surface area contributed by atoms with Gasteiger partial charge in [0.1, 0.15) is 6.07 Å². The number of rotatable bonds is 1. The number of nitrogen functional groups attached to an aromatic ring is 1. The van der Waals surface area contributed by atoms with Crippen molar-refractivity contribution in [3.05, 3.63) is 31.9 Å². The zero-order chi connectivity index (χ0) is 11.7. The van der Waals surface area contributed by atoms with Crippen LogP contribution in [0.25, 0.3) is 11.5 Å². The second-order valence-electron chi connectivity index (χ2n) is 2.97. The molecule has 0 saturated heterocycles. The van der Waals surface area contributed by atoms with Gasteiger partial charge in [0.15, 0.2) is 0 Å². The first kappa shape index (κ1) is 11.4. The summed E-state index contributed by atoms with van der Waals surface area (Å²) in [6, 6.07) is 7.61. The lowest BCUT2D eigenvalue weighted by atomic mass is 10.2. The van der Waals surface area contributed by atoms with Crippen LogP contribution < -0.4 is 5.73 Å². The number of anilines is 1. The number of nitrogens with zero attached hydrogens (tertiary/aromatic N) is 2. The highest BCUT2D eigenvalue weighted by Crippen LogP contribution is 2.31. The highest BCUT2D eigenvalue weighted by atomic mass is 127. The van der Waals surface area contributed by atoms with Gasteiger partial charge in [-0.3, -0.25) is 0 Å². The van der Waals surface area contributed by atoms with Gasteiger partial charge in [0.25, 0.3) is 0 Å². The first-order chi connectivity index (χ1) is 7.61. The van der Waals surface area contributed by atoms with E-state index in [1.54, 1.807) is 0 Å². The molecule has 0 unspecified atom stereocenters. The Morgan fingerprint density at radius 3 is 2.88 bits per heavy atom. The van der Waals surface area contributed by atoms with E-state index in [-0.39, 0.29) is 11.6 Å². The molecule has 0 radical (unpaired) electrons. The summed E-state index contributed by atoms with van der Waals surface area (Å²) in [5.41, 5.74) is 6.40. The Morgan fingerprint density at radius 1 is 1.50 bits per heavy atom. The lowest BCUT2D eigenvalue weighted by Gasteiger charge is -1.99. The van der Waals surface area contributed by atoms with E-state index in [9.17, 15) is 0 Å². The fourth-order valence-electron chi connectivity index (χ4n) is 1.19. The van der Waals surface area contributed by atoms with E-state index < -0.39 is 0 Å². The Labute approximate surface area is 114 Å². The van der Waals surface area contributed by atoms with Gasteiger partial charge in [0, 0.05) is 8.04 Å². The molecule has 2 rings (SSSR count). The predicted octanol–water partition coefficient (Wildman–Crippen LogP) is 3.16. The van der Waals surface area contributed by atoms with E-state index in [0.717, 1.165) is 13.6 Å². The second-order valence-corrected chi connectivity index (χ2v) is 5.07. The molecule has 0 aliphatic carbocycles. The zero-order valence-corrected chi connectivity index (χ0v) is 11.6. The Bertz CT molecular complexity index is 588. The van der Waals surface area contributed by atoms with E-state index in [2.05, 4.69) is 43.5 Å². The molecule has 2 N–H and O–H groups in total. The summed E-state index contributed by atoms with van der Waals surface area (Å²) in [6.45, 7) is 0. The zero-order valence-electron chi connectivity index (χ0n) is 7.87. The Morgan fingerprint density at radius 2 is 2.25 bits per heavy atom. The molecular formula is C10H5BrIN3O. The Hall–Kier alpha value is -1.07. The van der Waals surface area contributed by atoms with Crippen molar-refractivity contribution < 1.29 is 4.42 Å². The van der Waals surface area contributed by atoms with Crippen molar-refractivity contribution in [2.24, 2.45) is 0 Å². The summed E-state index contributed by atoms with van der Waals surface area (Å²) in [4.78, 5) is 4.01. The SMILES string of the molecule is N#Cc1nc(-c2cc(I)ccc2Br)oc1N. The van der Waals surface area contributed by atoms with Crippen LogP contribution >= 0.6 is 38.5 Å². The molecule has 1 aromatic carbocycles. The molecule has 6 heteroatoms. The van der Waals surface area contributed by atoms with Gasteiger partial charge in [-0.05, 0) is 56.7 Å². The molecule has 0 spiro atoms. The van der Waals surface area contributed by atoms with Crippen LogP contribution in [0.2, 0.25) is 0 Å². The number of nitriles is 1. The highest BCUT2D eigenvalue weighted by molar-refractivity contribution is 14.1. The summed E-state index contributed by atoms with van der Waals surface area (Å²) in [6.07, 6.45) is 0. The monoisotopic (exact) mass is 389 g/mol. The van der Waals surface area contributed by atoms with Gasteiger partial charge in [-0.2, -0.15) is 10.2 Å². The normalized spacial score (nSPS) is 10.1. The molecule has 2 aromatic rings. The summed E-state index contributed by atoms with van der Waals surface area (Å²) < 4.78 is 7.13. The summed E-state index contributed by atoms with van der Waals surface area (Å²) in [5.74, 6) is 0.391. The van der Waals surface area contributed by atoms with Crippen molar-refractivity contribution in [3.63, 3.8) is 0 Å². The molecule has 0 aliphatic heterocycles. The highest BCUT2D eigenvalue weighted by Gasteiger charge is 2.14. The van der Waals surface area contributed by atoms with Crippen LogP contribution in [0.4, 0.5) is 5.88 Å². The van der Waals surface area contributed by atoms with Gasteiger partial charge in [-0.1, -0.05) is 0 Å². The maximum Gasteiger partial charge on any atom is 0.231 e. The molecule has 4 nitrogen and oxygen atoms in total. The minimum absolute atomic E-state index is 0.0447. The van der Waals surface area contributed by atoms with Crippen LogP contribution in [0.3, 0.4) is 0 Å². The van der Waals surface area contributed by atoms with Crippen molar-refractivity contribution in [1.82, 2.24) is 4.98 Å². The van der Waals surface area contributed by atoms with Crippen molar-refractivity contribution in [3.8, 4) is 17.5 Å². The first-order valence-corrected chi connectivity index (χ1v) is 6.11. The maximum atomic E-state index is 8.74. The maximum absolute atomic E-state index is 8.74. The average molecular weight is 390 g/mol. The summed E-state index contributed by atoms with van der Waals surface area (Å²) >= 11 is 5.58. The van der Waals surface area contributed by atoms with Crippen LogP contribution in [0.5, 0.6) is 0 Å². The molecule has 80 valence electrons. The first-order valence-electron chi connectivity index (χ1n) is 4.23. The fourth-order valence-corrected chi connectivity index (χ4v) is 2.10. The number of oxazole rings is 1. The van der Waals surface area contributed by atoms with E-state index in [1.165, 1.54) is 0 Å². The van der Waals surface area contributed by atoms with Crippen molar-refractivity contribution in [2.75, 3.05) is 5.73 Å². The molecule has 16 heavy (non-hydrogen) atoms. The van der Waals surface area contributed by atoms with Gasteiger partial charge in [-0.25, -0.2) is 0 Å². The van der Waals surface area contributed by atoms with Crippen LogP contribution in [0, 0.1) is 14.9 Å². The number of halogens is 2. The molecule has 0 amide bonds. The van der Waals surface area contributed by atoms with E-state index in [4.69, 9.17) is 15.4 Å². The van der Waals surface area contributed by atoms with Crippen LogP contribution in [0.1, 0.15) is 5.69 Å². The van der Waals surface area contributed by atoms with Crippen LogP contribution in [-0.4, -0.2) is 4.98 Å². The number of hydrogen-bond donors (Lipinski definition) is 1. The summed E-state index contributed by atoms with van der Waals surface area (Å²) in [5, 5.41) is 8.74. The van der Waals surface area contributed by atoms with E-state index in [0.29, 0.717) is 5.89 Å². The van der Waals surface area contributed by atoms with Crippen molar-refractivity contribution in [2.45, 2.75) is 0 Å². The average Bonchev–Trinajstić information content (AvgIpc) is 2.63. The topological polar surface area (TPSA) is 75.8 Å². The van der Waals surface area contributed by atoms with Gasteiger partial charge >= 0.3 is 0 Å². The second kappa shape index (κ2) is 4.43. The Balaban J connectivity index is 2.59. The lowest BCUT2D eigenvalue weighted by Crippen LogP contribution is -1.84. The Kier molecular flexibility index (Phi) is 3.16. The lowest BCUT2D eigenvalue weighted by molar-refractivity contribution is 0.593. The van der Waals surface area contributed by atoms with Crippen molar-refractivity contribution >= 4 is 44.4 Å². The third-order valence-corrected chi connectivity index (χ3v) is 3.28. The molecule has 0 aliphatic rings. The van der Waals surface area contributed by atoms with Gasteiger partial charge in [-0.15, -0.1) is 0 Å². The minimum Gasteiger partial charge on any atom is -0.419 e. The van der Waals surface area contributed by atoms with Gasteiger partial charge in [0.2, 0.25) is 17.5 Å². The third kappa shape index (κ3) is 2.05. The van der Waals surface area contributed by atoms with Crippen molar-refractivity contribution in [1.29, 1.82) is 5.26 Å². The predicted molar refractivity (Wildman–Crippen MR) is 71.5 cm³/mol. The van der Waals surface area contributed by atoms with E-state index >= 15 is 0 Å². The molecule has 0 saturated carbocycles. The standard InChI is InChI=1S/C10H5BrIN3O/c11-7-2-1-5(12)3-6(7)10-15-8(4-13)9(14)16-10/h1-3H,14H2. The summed E-state index contributed by atoms with van der Waals surface area (Å²) in [7, 11) is 0. The van der Waals surface area contributed by atoms with Crippen LogP contribution in [0.15, 0.2) is 27.1 Å². The molecule has 0 atom stereocenters.